The summed E-state index contributed by atoms with van der Waals surface area (Å²) in [6.45, 7) is 3.99. The third-order valence-electron chi connectivity index (χ3n) is 3.82. The lowest BCUT2D eigenvalue weighted by Crippen LogP contribution is -2.05. The largest absolute Gasteiger partial charge is 0.497 e. The Bertz CT molecular complexity index is 892. The molecule has 0 saturated carbocycles. The van der Waals surface area contributed by atoms with Crippen LogP contribution < -0.4 is 14.2 Å². The first-order chi connectivity index (χ1) is 12.0. The molecule has 0 N–H and O–H groups in total. The van der Waals surface area contributed by atoms with Crippen LogP contribution in [0.4, 0.5) is 0 Å². The Morgan fingerprint density at radius 2 is 1.56 bits per heavy atom. The van der Waals surface area contributed by atoms with Crippen LogP contribution >= 0.6 is 11.6 Å². The molecule has 3 aromatic rings. The Balaban J connectivity index is 2.15. The first kappa shape index (κ1) is 17.4. The van der Waals surface area contributed by atoms with E-state index in [0.717, 1.165) is 27.8 Å². The summed E-state index contributed by atoms with van der Waals surface area (Å²) in [6, 6.07) is 13.4. The predicted octanol–water partition coefficient (Wildman–Crippen LogP) is 5.36. The van der Waals surface area contributed by atoms with Gasteiger partial charge in [-0.3, -0.25) is 0 Å². The second-order valence-electron chi connectivity index (χ2n) is 5.89. The number of hydrogen-bond acceptors (Lipinski definition) is 4. The summed E-state index contributed by atoms with van der Waals surface area (Å²) >= 11 is 6.40. The van der Waals surface area contributed by atoms with Crippen molar-refractivity contribution >= 4 is 22.4 Å². The van der Waals surface area contributed by atoms with Gasteiger partial charge in [0, 0.05) is 16.3 Å². The number of nitrogens with zero attached hydrogens (tertiary/aromatic N) is 1. The van der Waals surface area contributed by atoms with Crippen molar-refractivity contribution < 1.29 is 14.2 Å². The molecule has 0 amide bonds. The lowest BCUT2D eigenvalue weighted by molar-refractivity contribution is 0.242. The molecule has 0 aliphatic rings. The van der Waals surface area contributed by atoms with Gasteiger partial charge in [-0.15, -0.1) is 0 Å². The highest BCUT2D eigenvalue weighted by atomic mass is 35.5. The van der Waals surface area contributed by atoms with E-state index in [9.17, 15) is 0 Å². The summed E-state index contributed by atoms with van der Waals surface area (Å²) in [5.74, 6) is 2.21. The van der Waals surface area contributed by atoms with Gasteiger partial charge in [-0.05, 0) is 56.3 Å². The number of benzene rings is 2. The SMILES string of the molecule is COc1ccc2c(Cl)nc(-c3ccc(OC(C)C)cc3)c(OC)c2c1. The van der Waals surface area contributed by atoms with Gasteiger partial charge in [-0.1, -0.05) is 11.6 Å². The molecule has 0 aliphatic heterocycles. The minimum atomic E-state index is 0.126. The molecule has 0 unspecified atom stereocenters. The minimum Gasteiger partial charge on any atom is -0.497 e. The molecule has 0 spiro atoms. The molecule has 0 radical (unpaired) electrons. The van der Waals surface area contributed by atoms with Gasteiger partial charge < -0.3 is 14.2 Å². The number of halogens is 1. The summed E-state index contributed by atoms with van der Waals surface area (Å²) in [5, 5.41) is 2.11. The van der Waals surface area contributed by atoms with Crippen molar-refractivity contribution in [3.8, 4) is 28.5 Å². The van der Waals surface area contributed by atoms with Gasteiger partial charge in [-0.25, -0.2) is 4.98 Å². The monoisotopic (exact) mass is 357 g/mol. The second kappa shape index (κ2) is 7.19. The van der Waals surface area contributed by atoms with Gasteiger partial charge >= 0.3 is 0 Å². The second-order valence-corrected chi connectivity index (χ2v) is 6.24. The average molecular weight is 358 g/mol. The van der Waals surface area contributed by atoms with Crippen LogP contribution in [-0.2, 0) is 0 Å². The van der Waals surface area contributed by atoms with Crippen molar-refractivity contribution in [2.45, 2.75) is 20.0 Å². The highest BCUT2D eigenvalue weighted by Gasteiger charge is 2.16. The molecule has 2 aromatic carbocycles. The molecular weight excluding hydrogens is 338 g/mol. The van der Waals surface area contributed by atoms with Crippen LogP contribution in [0.1, 0.15) is 13.8 Å². The van der Waals surface area contributed by atoms with Crippen LogP contribution in [-0.4, -0.2) is 25.3 Å². The van der Waals surface area contributed by atoms with E-state index < -0.39 is 0 Å². The van der Waals surface area contributed by atoms with Crippen molar-refractivity contribution in [3.05, 3.63) is 47.6 Å². The molecule has 4 nitrogen and oxygen atoms in total. The third kappa shape index (κ3) is 3.49. The van der Waals surface area contributed by atoms with E-state index in [2.05, 4.69) is 4.98 Å². The molecule has 0 aliphatic carbocycles. The molecule has 0 fully saturated rings. The van der Waals surface area contributed by atoms with Crippen molar-refractivity contribution in [3.63, 3.8) is 0 Å². The molecule has 130 valence electrons. The molecule has 1 aromatic heterocycles. The highest BCUT2D eigenvalue weighted by molar-refractivity contribution is 6.34. The maximum Gasteiger partial charge on any atom is 0.153 e. The van der Waals surface area contributed by atoms with E-state index in [0.29, 0.717) is 16.6 Å². The fourth-order valence-electron chi connectivity index (χ4n) is 2.72. The van der Waals surface area contributed by atoms with E-state index >= 15 is 0 Å². The van der Waals surface area contributed by atoms with Crippen molar-refractivity contribution in [1.82, 2.24) is 4.98 Å². The van der Waals surface area contributed by atoms with E-state index in [4.69, 9.17) is 25.8 Å². The number of hydrogen-bond donors (Lipinski definition) is 0. The van der Waals surface area contributed by atoms with Gasteiger partial charge in [-0.2, -0.15) is 0 Å². The zero-order valence-electron chi connectivity index (χ0n) is 14.7. The van der Waals surface area contributed by atoms with Crippen molar-refractivity contribution in [2.24, 2.45) is 0 Å². The normalized spacial score (nSPS) is 11.0. The Kier molecular flexibility index (Phi) is 5.00. The van der Waals surface area contributed by atoms with Crippen LogP contribution in [0.25, 0.3) is 22.0 Å². The standard InChI is InChI=1S/C20H20ClNO3/c1-12(2)25-14-7-5-13(6-8-14)18-19(24-4)17-11-15(23-3)9-10-16(17)20(21)22-18/h5-12H,1-4H3. The van der Waals surface area contributed by atoms with Crippen LogP contribution in [0.3, 0.4) is 0 Å². The van der Waals surface area contributed by atoms with Crippen LogP contribution in [0.15, 0.2) is 42.5 Å². The van der Waals surface area contributed by atoms with Crippen LogP contribution in [0, 0.1) is 0 Å². The average Bonchev–Trinajstić information content (AvgIpc) is 2.61. The Morgan fingerprint density at radius 1 is 0.880 bits per heavy atom. The number of methoxy groups -OCH3 is 2. The Labute approximate surface area is 152 Å². The quantitative estimate of drug-likeness (QED) is 0.576. The number of rotatable bonds is 5. The van der Waals surface area contributed by atoms with E-state index in [1.165, 1.54) is 0 Å². The summed E-state index contributed by atoms with van der Waals surface area (Å²) in [6.07, 6.45) is 0.126. The third-order valence-corrected chi connectivity index (χ3v) is 4.11. The molecule has 25 heavy (non-hydrogen) atoms. The number of fused-ring (bicyclic) bond motifs is 1. The van der Waals surface area contributed by atoms with Gasteiger partial charge in [0.2, 0.25) is 0 Å². The van der Waals surface area contributed by atoms with Gasteiger partial charge in [0.15, 0.2) is 5.75 Å². The van der Waals surface area contributed by atoms with Crippen LogP contribution in [0.2, 0.25) is 5.15 Å². The molecule has 0 saturated heterocycles. The van der Waals surface area contributed by atoms with Gasteiger partial charge in [0.1, 0.15) is 22.3 Å². The fourth-order valence-corrected chi connectivity index (χ4v) is 2.97. The molecule has 0 bridgehead atoms. The van der Waals surface area contributed by atoms with E-state index in [1.807, 2.05) is 56.3 Å². The van der Waals surface area contributed by atoms with Crippen molar-refractivity contribution in [2.75, 3.05) is 14.2 Å². The predicted molar refractivity (Wildman–Crippen MR) is 101 cm³/mol. The zero-order chi connectivity index (χ0) is 18.0. The van der Waals surface area contributed by atoms with Crippen LogP contribution in [0.5, 0.6) is 17.2 Å². The van der Waals surface area contributed by atoms with Gasteiger partial charge in [0.25, 0.3) is 0 Å². The first-order valence-corrected chi connectivity index (χ1v) is 8.39. The highest BCUT2D eigenvalue weighted by Crippen LogP contribution is 2.40. The molecule has 1 heterocycles. The lowest BCUT2D eigenvalue weighted by atomic mass is 10.1. The zero-order valence-corrected chi connectivity index (χ0v) is 15.4. The summed E-state index contributed by atoms with van der Waals surface area (Å²) < 4.78 is 16.7. The number of pyridine rings is 1. The first-order valence-electron chi connectivity index (χ1n) is 8.01. The molecular formula is C20H20ClNO3. The Morgan fingerprint density at radius 3 is 2.16 bits per heavy atom. The smallest absolute Gasteiger partial charge is 0.153 e. The molecule has 0 atom stereocenters. The summed E-state index contributed by atoms with van der Waals surface area (Å²) in [4.78, 5) is 4.55. The fraction of sp³-hybridized carbons (Fsp3) is 0.250. The maximum absolute atomic E-state index is 6.40. The molecule has 5 heteroatoms. The topological polar surface area (TPSA) is 40.6 Å². The maximum atomic E-state index is 6.40. The molecule has 3 rings (SSSR count). The summed E-state index contributed by atoms with van der Waals surface area (Å²) in [5.41, 5.74) is 1.59. The van der Waals surface area contributed by atoms with Crippen molar-refractivity contribution in [1.29, 1.82) is 0 Å². The van der Waals surface area contributed by atoms with E-state index in [1.54, 1.807) is 14.2 Å². The Hall–Kier alpha value is -2.46. The van der Waals surface area contributed by atoms with E-state index in [-0.39, 0.29) is 6.10 Å². The number of aromatic nitrogens is 1. The number of ether oxygens (including phenoxy) is 3. The summed E-state index contributed by atoms with van der Waals surface area (Å²) in [7, 11) is 3.26. The van der Waals surface area contributed by atoms with Gasteiger partial charge in [0.05, 0.1) is 20.3 Å². The minimum absolute atomic E-state index is 0.126. The lowest BCUT2D eigenvalue weighted by Gasteiger charge is -2.14.